The Labute approximate surface area is 271 Å². The Morgan fingerprint density at radius 1 is 1.02 bits per heavy atom. The number of benzene rings is 2. The van der Waals surface area contributed by atoms with E-state index in [9.17, 15) is 23.3 Å². The number of hydrogen-bond donors (Lipinski definition) is 1. The number of nitrogens with zero attached hydrogens (tertiary/aromatic N) is 3. The minimum atomic E-state index is -4.52. The van der Waals surface area contributed by atoms with Crippen molar-refractivity contribution in [2.24, 2.45) is 0 Å². The number of para-hydroxylation sites is 1. The van der Waals surface area contributed by atoms with Gasteiger partial charge >= 0.3 is 0 Å². The van der Waals surface area contributed by atoms with E-state index in [0.717, 1.165) is 16.4 Å². The molecule has 46 heavy (non-hydrogen) atoms. The van der Waals surface area contributed by atoms with Gasteiger partial charge in [0.15, 0.2) is 24.7 Å². The third-order valence-corrected chi connectivity index (χ3v) is 14.2. The number of aromatic nitrogens is 1. The Morgan fingerprint density at radius 3 is 2.22 bits per heavy atom. The summed E-state index contributed by atoms with van der Waals surface area (Å²) in [4.78, 5) is 28.0. The lowest BCUT2D eigenvalue weighted by atomic mass is 10.1. The molecule has 2 aromatic carbocycles. The first-order chi connectivity index (χ1) is 21.5. The molecule has 0 aliphatic heterocycles. The second-order valence-corrected chi connectivity index (χ2v) is 18.6. The molecule has 13 nitrogen and oxygen atoms in total. The molecule has 1 aromatic heterocycles. The van der Waals surface area contributed by atoms with Crippen molar-refractivity contribution in [3.8, 4) is 28.5 Å². The Morgan fingerprint density at radius 2 is 1.65 bits per heavy atom. The molecule has 0 bridgehead atoms. The number of carbonyl (C=O) groups is 1. The number of carbonyl (C=O) groups excluding carboxylic acids is 1. The van der Waals surface area contributed by atoms with Gasteiger partial charge in [0.25, 0.3) is 15.7 Å². The molecule has 0 saturated heterocycles. The number of amides is 1. The number of ether oxygens (including phenoxy) is 3. The zero-order chi connectivity index (χ0) is 34.3. The molecule has 250 valence electrons. The van der Waals surface area contributed by atoms with Gasteiger partial charge in [-0.05, 0) is 54.0 Å². The summed E-state index contributed by atoms with van der Waals surface area (Å²) >= 11 is 0. The fraction of sp³-hybridized carbons (Fsp3) is 0.419. The standard InChI is InChI=1S/C31H42N4O9SSi/c1-31(2,3)46(7,8)44-16-15-33-29(36)21-34(45(39,40)28-12-10-9-11-25(28)35(37)38)20-22-13-14-32-24(17-22)23-18-26(41-4)30(43-6)27(19-23)42-5/h9-14,17-19H,15-16,20-21H2,1-8H3,(H,33,36). The van der Waals surface area contributed by atoms with Gasteiger partial charge in [-0.1, -0.05) is 32.9 Å². The number of methoxy groups -OCH3 is 3. The van der Waals surface area contributed by atoms with Crippen molar-refractivity contribution in [1.82, 2.24) is 14.6 Å². The van der Waals surface area contributed by atoms with E-state index in [1.165, 1.54) is 39.7 Å². The molecule has 0 atom stereocenters. The van der Waals surface area contributed by atoms with Gasteiger partial charge in [0.2, 0.25) is 11.7 Å². The highest BCUT2D eigenvalue weighted by molar-refractivity contribution is 7.89. The first-order valence-electron chi connectivity index (χ1n) is 14.4. The van der Waals surface area contributed by atoms with Gasteiger partial charge in [-0.2, -0.15) is 4.31 Å². The number of sulfonamides is 1. The average Bonchev–Trinajstić information content (AvgIpc) is 3.01. The van der Waals surface area contributed by atoms with Crippen LogP contribution in [0.15, 0.2) is 59.6 Å². The van der Waals surface area contributed by atoms with E-state index in [-0.39, 0.29) is 24.7 Å². The number of nitrogens with one attached hydrogen (secondary N) is 1. The Bertz CT molecular complexity index is 1630. The van der Waals surface area contributed by atoms with Crippen LogP contribution in [0.5, 0.6) is 17.2 Å². The van der Waals surface area contributed by atoms with Gasteiger partial charge in [0.1, 0.15) is 0 Å². The Balaban J connectivity index is 1.94. The Hall–Kier alpha value is -4.05. The highest BCUT2D eigenvalue weighted by Gasteiger charge is 2.37. The van der Waals surface area contributed by atoms with Crippen molar-refractivity contribution in [2.75, 3.05) is 41.0 Å². The van der Waals surface area contributed by atoms with Crippen LogP contribution < -0.4 is 19.5 Å². The van der Waals surface area contributed by atoms with Crippen LogP contribution in [0.3, 0.4) is 0 Å². The number of nitro benzene ring substituents is 1. The van der Waals surface area contributed by atoms with E-state index in [4.69, 9.17) is 18.6 Å². The van der Waals surface area contributed by atoms with Crippen LogP contribution in [0.25, 0.3) is 11.3 Å². The van der Waals surface area contributed by atoms with Gasteiger partial charge in [-0.15, -0.1) is 0 Å². The average molecular weight is 675 g/mol. The highest BCUT2D eigenvalue weighted by atomic mass is 32.2. The minimum absolute atomic E-state index is 0.0161. The summed E-state index contributed by atoms with van der Waals surface area (Å²) < 4.78 is 51.2. The molecule has 0 saturated carbocycles. The molecule has 0 aliphatic rings. The molecule has 1 heterocycles. The van der Waals surface area contributed by atoms with E-state index in [1.54, 1.807) is 24.3 Å². The zero-order valence-corrected chi connectivity index (χ0v) is 29.3. The minimum Gasteiger partial charge on any atom is -0.493 e. The van der Waals surface area contributed by atoms with E-state index in [2.05, 4.69) is 44.2 Å². The summed E-state index contributed by atoms with van der Waals surface area (Å²) in [5, 5.41) is 14.5. The van der Waals surface area contributed by atoms with Gasteiger partial charge in [-0.3, -0.25) is 19.9 Å². The lowest BCUT2D eigenvalue weighted by molar-refractivity contribution is -0.387. The van der Waals surface area contributed by atoms with Crippen LogP contribution in [0, 0.1) is 10.1 Å². The quantitative estimate of drug-likeness (QED) is 0.100. The molecule has 1 amide bonds. The molecular formula is C31H42N4O9SSi. The molecule has 3 rings (SSSR count). The van der Waals surface area contributed by atoms with Crippen LogP contribution in [0.4, 0.5) is 5.69 Å². The van der Waals surface area contributed by atoms with E-state index >= 15 is 0 Å². The number of nitro groups is 1. The van der Waals surface area contributed by atoms with E-state index in [1.807, 2.05) is 0 Å². The van der Waals surface area contributed by atoms with Crippen LogP contribution in [-0.2, 0) is 25.8 Å². The molecule has 0 aliphatic carbocycles. The summed E-state index contributed by atoms with van der Waals surface area (Å²) in [6, 6.07) is 11.7. The van der Waals surface area contributed by atoms with Crippen molar-refractivity contribution in [3.05, 3.63) is 70.4 Å². The Kier molecular flexibility index (Phi) is 11.9. The normalized spacial score (nSPS) is 12.1. The molecule has 1 N–H and O–H groups in total. The maximum absolute atomic E-state index is 13.9. The van der Waals surface area contributed by atoms with Crippen LogP contribution in [0.2, 0.25) is 18.1 Å². The fourth-order valence-electron chi connectivity index (χ4n) is 4.28. The molecule has 0 spiro atoms. The van der Waals surface area contributed by atoms with E-state index < -0.39 is 46.3 Å². The highest BCUT2D eigenvalue weighted by Crippen LogP contribution is 2.41. The summed E-state index contributed by atoms with van der Waals surface area (Å²) in [5.41, 5.74) is 0.953. The third-order valence-electron chi connectivity index (χ3n) is 7.84. The topological polar surface area (TPSA) is 159 Å². The van der Waals surface area contributed by atoms with Crippen molar-refractivity contribution >= 4 is 29.9 Å². The maximum atomic E-state index is 13.9. The molecular weight excluding hydrogens is 633 g/mol. The van der Waals surface area contributed by atoms with Crippen LogP contribution in [0.1, 0.15) is 26.3 Å². The lowest BCUT2D eigenvalue weighted by Gasteiger charge is -2.36. The smallest absolute Gasteiger partial charge is 0.289 e. The second kappa shape index (κ2) is 15.0. The number of hydrogen-bond acceptors (Lipinski definition) is 10. The van der Waals surface area contributed by atoms with Gasteiger partial charge in [0, 0.05) is 30.9 Å². The van der Waals surface area contributed by atoms with Crippen molar-refractivity contribution in [3.63, 3.8) is 0 Å². The van der Waals surface area contributed by atoms with Gasteiger partial charge < -0.3 is 24.0 Å². The number of rotatable bonds is 15. The first-order valence-corrected chi connectivity index (χ1v) is 18.8. The zero-order valence-electron chi connectivity index (χ0n) is 27.4. The van der Waals surface area contributed by atoms with Crippen molar-refractivity contribution in [1.29, 1.82) is 0 Å². The predicted octanol–water partition coefficient (Wildman–Crippen LogP) is 5.01. The predicted molar refractivity (Wildman–Crippen MR) is 176 cm³/mol. The summed E-state index contributed by atoms with van der Waals surface area (Å²) in [6.45, 7) is 10.1. The second-order valence-electron chi connectivity index (χ2n) is 11.9. The van der Waals surface area contributed by atoms with Gasteiger partial charge in [0.05, 0.1) is 45.1 Å². The molecule has 0 fully saturated rings. The van der Waals surface area contributed by atoms with Gasteiger partial charge in [-0.25, -0.2) is 8.42 Å². The monoisotopic (exact) mass is 674 g/mol. The van der Waals surface area contributed by atoms with Crippen molar-refractivity contribution in [2.45, 2.75) is 50.3 Å². The first kappa shape index (κ1) is 36.4. The summed E-state index contributed by atoms with van der Waals surface area (Å²) in [6.07, 6.45) is 1.50. The van der Waals surface area contributed by atoms with Crippen molar-refractivity contribution < 1.29 is 36.8 Å². The SMILES string of the molecule is COc1cc(-c2cc(CN(CC(=O)NCCO[Si](C)(C)C(C)(C)C)S(=O)(=O)c3ccccc3[N+](=O)[O-])ccn2)cc(OC)c1OC. The summed E-state index contributed by atoms with van der Waals surface area (Å²) in [7, 11) is -2.11. The maximum Gasteiger partial charge on any atom is 0.289 e. The third kappa shape index (κ3) is 8.60. The lowest BCUT2D eigenvalue weighted by Crippen LogP contribution is -2.44. The molecule has 15 heteroatoms. The largest absolute Gasteiger partial charge is 0.493 e. The summed E-state index contributed by atoms with van der Waals surface area (Å²) in [5.74, 6) is 0.616. The molecule has 0 unspecified atom stereocenters. The van der Waals surface area contributed by atoms with Crippen LogP contribution >= 0.6 is 0 Å². The van der Waals surface area contributed by atoms with Crippen LogP contribution in [-0.4, -0.2) is 77.9 Å². The molecule has 0 radical (unpaired) electrons. The number of pyridine rings is 1. The fourth-order valence-corrected chi connectivity index (χ4v) is 6.87. The van der Waals surface area contributed by atoms with E-state index in [0.29, 0.717) is 34.1 Å². The molecule has 3 aromatic rings.